The van der Waals surface area contributed by atoms with Gasteiger partial charge in [-0.3, -0.25) is 0 Å². The first-order valence-electron chi connectivity index (χ1n) is 6.01. The van der Waals surface area contributed by atoms with E-state index in [0.29, 0.717) is 12.5 Å². The first-order valence-corrected chi connectivity index (χ1v) is 6.01. The van der Waals surface area contributed by atoms with Crippen molar-refractivity contribution < 1.29 is 9.53 Å². The molecule has 2 nitrogen and oxygen atoms in total. The van der Waals surface area contributed by atoms with E-state index < -0.39 is 0 Å². The van der Waals surface area contributed by atoms with Gasteiger partial charge in [-0.05, 0) is 32.6 Å². The van der Waals surface area contributed by atoms with E-state index in [1.165, 1.54) is 19.3 Å². The van der Waals surface area contributed by atoms with Gasteiger partial charge < -0.3 is 4.74 Å². The molecule has 0 saturated carbocycles. The first-order chi connectivity index (χ1) is 7.15. The maximum Gasteiger partial charge on any atom is 0.333 e. The van der Waals surface area contributed by atoms with Crippen molar-refractivity contribution in [3.8, 4) is 0 Å². The standard InChI is InChI=1S/C13H24O2/c1-5-8-9-12(6-2)10-11(4)13(14)15-7-3/h10,12H,5-9H2,1-4H3/b11-10-/t12-/m0/s1. The van der Waals surface area contributed by atoms with Crippen molar-refractivity contribution in [3.05, 3.63) is 11.6 Å². The fourth-order valence-corrected chi connectivity index (χ4v) is 1.54. The van der Waals surface area contributed by atoms with Gasteiger partial charge in [0.05, 0.1) is 6.61 Å². The predicted octanol–water partition coefficient (Wildman–Crippen LogP) is 3.71. The average Bonchev–Trinajstić information content (AvgIpc) is 2.24. The molecule has 0 saturated heterocycles. The Morgan fingerprint density at radius 2 is 2.00 bits per heavy atom. The molecule has 0 heterocycles. The third kappa shape index (κ3) is 6.32. The van der Waals surface area contributed by atoms with Crippen LogP contribution in [0.25, 0.3) is 0 Å². The van der Waals surface area contributed by atoms with Crippen LogP contribution in [-0.2, 0) is 9.53 Å². The Labute approximate surface area is 93.7 Å². The largest absolute Gasteiger partial charge is 0.463 e. The van der Waals surface area contributed by atoms with E-state index >= 15 is 0 Å². The van der Waals surface area contributed by atoms with Gasteiger partial charge in [0.25, 0.3) is 0 Å². The highest BCUT2D eigenvalue weighted by Gasteiger charge is 2.08. The van der Waals surface area contributed by atoms with Gasteiger partial charge >= 0.3 is 5.97 Å². The summed E-state index contributed by atoms with van der Waals surface area (Å²) in [5.41, 5.74) is 0.750. The first kappa shape index (κ1) is 14.2. The van der Waals surface area contributed by atoms with Gasteiger partial charge in [-0.2, -0.15) is 0 Å². The Hall–Kier alpha value is -0.790. The summed E-state index contributed by atoms with van der Waals surface area (Å²) in [7, 11) is 0. The van der Waals surface area contributed by atoms with Crippen LogP contribution in [0.4, 0.5) is 0 Å². The molecule has 88 valence electrons. The molecule has 0 fully saturated rings. The van der Waals surface area contributed by atoms with E-state index in [9.17, 15) is 4.79 Å². The number of carbonyl (C=O) groups is 1. The van der Waals surface area contributed by atoms with Gasteiger partial charge in [0, 0.05) is 5.57 Å². The number of allylic oxidation sites excluding steroid dienone is 1. The molecule has 1 atom stereocenters. The lowest BCUT2D eigenvalue weighted by Gasteiger charge is -2.10. The zero-order valence-corrected chi connectivity index (χ0v) is 10.5. The van der Waals surface area contributed by atoms with E-state index in [-0.39, 0.29) is 5.97 Å². The van der Waals surface area contributed by atoms with E-state index in [1.807, 2.05) is 13.8 Å². The second kappa shape index (κ2) is 8.51. The maximum atomic E-state index is 11.4. The molecule has 0 radical (unpaired) electrons. The Morgan fingerprint density at radius 1 is 1.33 bits per heavy atom. The van der Waals surface area contributed by atoms with Gasteiger partial charge in [0.2, 0.25) is 0 Å². The number of esters is 1. The molecule has 0 N–H and O–H groups in total. The minimum Gasteiger partial charge on any atom is -0.463 e. The van der Waals surface area contributed by atoms with Crippen molar-refractivity contribution in [2.45, 2.75) is 53.4 Å². The molecule has 15 heavy (non-hydrogen) atoms. The smallest absolute Gasteiger partial charge is 0.333 e. The Balaban J connectivity index is 4.20. The number of rotatable bonds is 7. The molecule has 0 aliphatic heterocycles. The van der Waals surface area contributed by atoms with Gasteiger partial charge in [-0.1, -0.05) is 32.8 Å². The molecular weight excluding hydrogens is 188 g/mol. The molecule has 0 aliphatic carbocycles. The van der Waals surface area contributed by atoms with Crippen molar-refractivity contribution in [2.75, 3.05) is 6.61 Å². The zero-order chi connectivity index (χ0) is 11.7. The van der Waals surface area contributed by atoms with Crippen molar-refractivity contribution >= 4 is 5.97 Å². The highest BCUT2D eigenvalue weighted by atomic mass is 16.5. The molecule has 2 heteroatoms. The summed E-state index contributed by atoms with van der Waals surface area (Å²) >= 11 is 0. The number of unbranched alkanes of at least 4 members (excludes halogenated alkanes) is 1. The highest BCUT2D eigenvalue weighted by molar-refractivity contribution is 5.87. The SMILES string of the molecule is CCCC[C@@H](/C=C(/C)C(=O)OCC)CC. The summed E-state index contributed by atoms with van der Waals surface area (Å²) in [6, 6.07) is 0. The Kier molecular flexibility index (Phi) is 8.06. The van der Waals surface area contributed by atoms with E-state index in [0.717, 1.165) is 12.0 Å². The predicted molar refractivity (Wildman–Crippen MR) is 63.7 cm³/mol. The second-order valence-electron chi connectivity index (χ2n) is 3.88. The van der Waals surface area contributed by atoms with Gasteiger partial charge in [0.15, 0.2) is 0 Å². The summed E-state index contributed by atoms with van der Waals surface area (Å²) in [4.78, 5) is 11.4. The van der Waals surface area contributed by atoms with Gasteiger partial charge in [0.1, 0.15) is 0 Å². The van der Waals surface area contributed by atoms with Crippen LogP contribution < -0.4 is 0 Å². The van der Waals surface area contributed by atoms with Crippen LogP contribution >= 0.6 is 0 Å². The summed E-state index contributed by atoms with van der Waals surface area (Å²) in [6.45, 7) is 8.48. The van der Waals surface area contributed by atoms with Crippen LogP contribution in [0.5, 0.6) is 0 Å². The number of carbonyl (C=O) groups excluding carboxylic acids is 1. The fourth-order valence-electron chi connectivity index (χ4n) is 1.54. The molecule has 0 bridgehead atoms. The molecule has 0 aromatic carbocycles. The van der Waals surface area contributed by atoms with Crippen molar-refractivity contribution in [1.82, 2.24) is 0 Å². The Morgan fingerprint density at radius 3 is 2.47 bits per heavy atom. The minimum atomic E-state index is -0.174. The summed E-state index contributed by atoms with van der Waals surface area (Å²) in [5, 5.41) is 0. The van der Waals surface area contributed by atoms with E-state index in [4.69, 9.17) is 4.74 Å². The van der Waals surface area contributed by atoms with Crippen LogP contribution in [0, 0.1) is 5.92 Å². The monoisotopic (exact) mass is 212 g/mol. The molecule has 0 rings (SSSR count). The molecular formula is C13H24O2. The van der Waals surface area contributed by atoms with Crippen LogP contribution in [0.3, 0.4) is 0 Å². The number of hydrogen-bond acceptors (Lipinski definition) is 2. The average molecular weight is 212 g/mol. The topological polar surface area (TPSA) is 26.3 Å². The number of hydrogen-bond donors (Lipinski definition) is 0. The summed E-state index contributed by atoms with van der Waals surface area (Å²) in [5.74, 6) is 0.349. The van der Waals surface area contributed by atoms with Crippen LogP contribution in [0.15, 0.2) is 11.6 Å². The summed E-state index contributed by atoms with van der Waals surface area (Å²) in [6.07, 6.45) is 6.77. The molecule has 0 unspecified atom stereocenters. The van der Waals surface area contributed by atoms with Crippen LogP contribution in [0.2, 0.25) is 0 Å². The third-order valence-corrected chi connectivity index (χ3v) is 2.54. The maximum absolute atomic E-state index is 11.4. The van der Waals surface area contributed by atoms with E-state index in [2.05, 4.69) is 19.9 Å². The molecule has 0 amide bonds. The minimum absolute atomic E-state index is 0.174. The van der Waals surface area contributed by atoms with Crippen molar-refractivity contribution in [2.24, 2.45) is 5.92 Å². The van der Waals surface area contributed by atoms with Gasteiger partial charge in [-0.25, -0.2) is 4.79 Å². The normalized spacial score (nSPS) is 13.7. The van der Waals surface area contributed by atoms with Crippen molar-refractivity contribution in [3.63, 3.8) is 0 Å². The highest BCUT2D eigenvalue weighted by Crippen LogP contribution is 2.16. The molecule has 0 spiro atoms. The molecule has 0 aliphatic rings. The van der Waals surface area contributed by atoms with Gasteiger partial charge in [-0.15, -0.1) is 0 Å². The molecule has 0 aromatic rings. The Bertz CT molecular complexity index is 207. The fraction of sp³-hybridized carbons (Fsp3) is 0.769. The van der Waals surface area contributed by atoms with Crippen LogP contribution in [0.1, 0.15) is 53.4 Å². The lowest BCUT2D eigenvalue weighted by atomic mass is 9.97. The van der Waals surface area contributed by atoms with Crippen molar-refractivity contribution in [1.29, 1.82) is 0 Å². The van der Waals surface area contributed by atoms with E-state index in [1.54, 1.807) is 0 Å². The van der Waals surface area contributed by atoms with Crippen LogP contribution in [-0.4, -0.2) is 12.6 Å². The zero-order valence-electron chi connectivity index (χ0n) is 10.5. The lowest BCUT2D eigenvalue weighted by Crippen LogP contribution is -2.07. The quantitative estimate of drug-likeness (QED) is 0.475. The molecule has 0 aromatic heterocycles. The third-order valence-electron chi connectivity index (χ3n) is 2.54. The second-order valence-corrected chi connectivity index (χ2v) is 3.88. The number of ether oxygens (including phenoxy) is 1. The lowest BCUT2D eigenvalue weighted by molar-refractivity contribution is -0.138. The summed E-state index contributed by atoms with van der Waals surface area (Å²) < 4.78 is 4.95.